The van der Waals surface area contributed by atoms with Crippen molar-refractivity contribution < 1.29 is 18.4 Å². The van der Waals surface area contributed by atoms with Crippen LogP contribution in [0.15, 0.2) is 18.2 Å². The molecule has 0 saturated carbocycles. The predicted octanol–water partition coefficient (Wildman–Crippen LogP) is 1.29. The minimum absolute atomic E-state index is 0.215. The van der Waals surface area contributed by atoms with Crippen LogP contribution in [0.3, 0.4) is 0 Å². The fraction of sp³-hybridized carbons (Fsp3) is 0.429. The van der Waals surface area contributed by atoms with E-state index in [4.69, 9.17) is 0 Å². The normalized spacial score (nSPS) is 22.1. The Balaban J connectivity index is 2.29. The van der Waals surface area contributed by atoms with Gasteiger partial charge in [-0.2, -0.15) is 0 Å². The van der Waals surface area contributed by atoms with Crippen LogP contribution in [0, 0.1) is 11.6 Å². The van der Waals surface area contributed by atoms with Crippen molar-refractivity contribution in [1.29, 1.82) is 0 Å². The number of carbonyl (C=O) groups excluding carboxylic acids is 2. The molecule has 0 spiro atoms. The van der Waals surface area contributed by atoms with Crippen molar-refractivity contribution in [3.8, 4) is 0 Å². The molecule has 0 unspecified atom stereocenters. The molecule has 1 N–H and O–H groups in total. The Morgan fingerprint density at radius 3 is 2.48 bits per heavy atom. The van der Waals surface area contributed by atoms with Gasteiger partial charge in [-0.15, -0.1) is 0 Å². The summed E-state index contributed by atoms with van der Waals surface area (Å²) < 4.78 is 26.4. The molecule has 3 amide bonds. The second-order valence-corrected chi connectivity index (χ2v) is 5.44. The topological polar surface area (TPSA) is 52.6 Å². The first-order chi connectivity index (χ1) is 9.75. The third-order valence-corrected chi connectivity index (χ3v) is 3.54. The van der Waals surface area contributed by atoms with Crippen molar-refractivity contribution in [2.24, 2.45) is 0 Å². The van der Waals surface area contributed by atoms with Crippen molar-refractivity contribution >= 4 is 11.9 Å². The molecule has 5 nitrogen and oxygen atoms in total. The van der Waals surface area contributed by atoms with E-state index in [1.807, 2.05) is 19.0 Å². The predicted molar refractivity (Wildman–Crippen MR) is 72.5 cm³/mol. The average Bonchev–Trinajstić information content (AvgIpc) is 2.62. The Bertz CT molecular complexity index is 592. The van der Waals surface area contributed by atoms with Crippen LogP contribution in [-0.2, 0) is 10.3 Å². The molecule has 1 aromatic carbocycles. The smallest absolute Gasteiger partial charge is 0.319 e. The summed E-state index contributed by atoms with van der Waals surface area (Å²) in [6, 6.07) is 2.64. The van der Waals surface area contributed by atoms with Gasteiger partial charge in [-0.05, 0) is 38.7 Å². The maximum Gasteiger partial charge on any atom is 0.325 e. The molecule has 1 aliphatic rings. The van der Waals surface area contributed by atoms with Crippen molar-refractivity contribution in [3.05, 3.63) is 35.4 Å². The van der Waals surface area contributed by atoms with Gasteiger partial charge in [0.2, 0.25) is 0 Å². The molecule has 1 heterocycles. The maximum atomic E-state index is 13.4. The molecule has 114 valence electrons. The lowest BCUT2D eigenvalue weighted by Gasteiger charge is -2.22. The molecular weight excluding hydrogens is 280 g/mol. The van der Waals surface area contributed by atoms with Crippen molar-refractivity contribution in [2.45, 2.75) is 12.5 Å². The van der Waals surface area contributed by atoms with Crippen LogP contribution in [0.5, 0.6) is 0 Å². The Labute approximate surface area is 121 Å². The van der Waals surface area contributed by atoms with Gasteiger partial charge in [0.15, 0.2) is 11.6 Å². The lowest BCUT2D eigenvalue weighted by Crippen LogP contribution is -2.41. The van der Waals surface area contributed by atoms with Crippen molar-refractivity contribution in [3.63, 3.8) is 0 Å². The summed E-state index contributed by atoms with van der Waals surface area (Å²) in [5.74, 6) is -2.52. The fourth-order valence-corrected chi connectivity index (χ4v) is 2.20. The zero-order valence-electron chi connectivity index (χ0n) is 12.1. The summed E-state index contributed by atoms with van der Waals surface area (Å²) in [4.78, 5) is 27.3. The fourth-order valence-electron chi connectivity index (χ4n) is 2.20. The van der Waals surface area contributed by atoms with E-state index in [1.165, 1.54) is 13.0 Å². The molecule has 0 radical (unpaired) electrons. The first kappa shape index (κ1) is 15.4. The highest BCUT2D eigenvalue weighted by molar-refractivity contribution is 6.07. The SMILES string of the molecule is CN(C)CCN1C(=O)N[C@@](C)(c2ccc(F)c(F)c2)C1=O. The average molecular weight is 297 g/mol. The minimum atomic E-state index is -1.38. The Morgan fingerprint density at radius 1 is 1.24 bits per heavy atom. The van der Waals surface area contributed by atoms with Gasteiger partial charge in [-0.3, -0.25) is 9.69 Å². The standard InChI is InChI=1S/C14H17F2N3O2/c1-14(9-4-5-10(15)11(16)8-9)12(20)19(13(21)17-14)7-6-18(2)3/h4-5,8H,6-7H2,1-3H3,(H,17,21)/t14-/m0/s1. The molecule has 2 rings (SSSR count). The van der Waals surface area contributed by atoms with Crippen LogP contribution < -0.4 is 5.32 Å². The number of hydrogen-bond acceptors (Lipinski definition) is 3. The molecule has 21 heavy (non-hydrogen) atoms. The van der Waals surface area contributed by atoms with Gasteiger partial charge in [0.05, 0.1) is 0 Å². The van der Waals surface area contributed by atoms with Crippen LogP contribution in [-0.4, -0.2) is 48.9 Å². The van der Waals surface area contributed by atoms with Crippen LogP contribution >= 0.6 is 0 Å². The quantitative estimate of drug-likeness (QED) is 0.852. The zero-order valence-corrected chi connectivity index (χ0v) is 12.1. The van der Waals surface area contributed by atoms with Crippen molar-refractivity contribution in [1.82, 2.24) is 15.1 Å². The molecule has 1 aromatic rings. The number of carbonyl (C=O) groups is 2. The largest absolute Gasteiger partial charge is 0.325 e. The second kappa shape index (κ2) is 5.40. The van der Waals surface area contributed by atoms with Crippen LogP contribution in [0.25, 0.3) is 0 Å². The van der Waals surface area contributed by atoms with E-state index < -0.39 is 29.1 Å². The monoisotopic (exact) mass is 297 g/mol. The number of nitrogens with one attached hydrogen (secondary N) is 1. The minimum Gasteiger partial charge on any atom is -0.319 e. The molecule has 1 aliphatic heterocycles. The van der Waals surface area contributed by atoms with E-state index in [-0.39, 0.29) is 12.1 Å². The molecule has 0 aliphatic carbocycles. The van der Waals surface area contributed by atoms with E-state index in [0.717, 1.165) is 17.0 Å². The summed E-state index contributed by atoms with van der Waals surface area (Å²) in [6.07, 6.45) is 0. The number of hydrogen-bond donors (Lipinski definition) is 1. The molecule has 0 aromatic heterocycles. The molecule has 1 atom stereocenters. The highest BCUT2D eigenvalue weighted by Gasteiger charge is 2.48. The van der Waals surface area contributed by atoms with Gasteiger partial charge >= 0.3 is 6.03 Å². The highest BCUT2D eigenvalue weighted by atomic mass is 19.2. The Kier molecular flexibility index (Phi) is 3.95. The number of benzene rings is 1. The number of rotatable bonds is 4. The first-order valence-corrected chi connectivity index (χ1v) is 6.50. The van der Waals surface area contributed by atoms with Gasteiger partial charge in [0.25, 0.3) is 5.91 Å². The molecular formula is C14H17F2N3O2. The van der Waals surface area contributed by atoms with Gasteiger partial charge in [0, 0.05) is 13.1 Å². The van der Waals surface area contributed by atoms with Gasteiger partial charge < -0.3 is 10.2 Å². The maximum absolute atomic E-state index is 13.4. The zero-order chi connectivity index (χ0) is 15.8. The number of urea groups is 1. The number of imide groups is 1. The Hall–Kier alpha value is -2.02. The van der Waals surface area contributed by atoms with E-state index in [9.17, 15) is 18.4 Å². The van der Waals surface area contributed by atoms with Crippen molar-refractivity contribution in [2.75, 3.05) is 27.2 Å². The summed E-state index contributed by atoms with van der Waals surface area (Å²) >= 11 is 0. The number of halogens is 2. The van der Waals surface area contributed by atoms with Gasteiger partial charge in [0.1, 0.15) is 5.54 Å². The second-order valence-electron chi connectivity index (χ2n) is 5.44. The summed E-state index contributed by atoms with van der Waals surface area (Å²) in [5.41, 5.74) is -1.16. The van der Waals surface area contributed by atoms with Crippen LogP contribution in [0.2, 0.25) is 0 Å². The summed E-state index contributed by atoms with van der Waals surface area (Å²) in [6.45, 7) is 2.24. The third-order valence-electron chi connectivity index (χ3n) is 3.54. The lowest BCUT2D eigenvalue weighted by atomic mass is 9.92. The van der Waals surface area contributed by atoms with Crippen LogP contribution in [0.1, 0.15) is 12.5 Å². The third kappa shape index (κ3) is 2.73. The molecule has 1 fully saturated rings. The molecule has 1 saturated heterocycles. The molecule has 7 heteroatoms. The molecule has 0 bridgehead atoms. The Morgan fingerprint density at radius 2 is 1.90 bits per heavy atom. The lowest BCUT2D eigenvalue weighted by molar-refractivity contribution is -0.131. The first-order valence-electron chi connectivity index (χ1n) is 6.50. The number of likely N-dealkylation sites (N-methyl/N-ethyl adjacent to an activating group) is 1. The van der Waals surface area contributed by atoms with E-state index in [1.54, 1.807) is 0 Å². The van der Waals surface area contributed by atoms with E-state index >= 15 is 0 Å². The summed E-state index contributed by atoms with van der Waals surface area (Å²) in [7, 11) is 3.65. The number of amides is 3. The van der Waals surface area contributed by atoms with Gasteiger partial charge in [-0.1, -0.05) is 6.07 Å². The highest BCUT2D eigenvalue weighted by Crippen LogP contribution is 2.29. The number of nitrogens with zero attached hydrogens (tertiary/aromatic N) is 2. The van der Waals surface area contributed by atoms with E-state index in [2.05, 4.69) is 5.32 Å². The summed E-state index contributed by atoms with van der Waals surface area (Å²) in [5, 5.41) is 2.55. The van der Waals surface area contributed by atoms with E-state index in [0.29, 0.717) is 6.54 Å². The van der Waals surface area contributed by atoms with Gasteiger partial charge in [-0.25, -0.2) is 13.6 Å². The van der Waals surface area contributed by atoms with Crippen LogP contribution in [0.4, 0.5) is 13.6 Å².